The number of rotatable bonds is 2. The van der Waals surface area contributed by atoms with E-state index in [1.54, 1.807) is 13.2 Å². The molecular formula is C14H19N5O2. The second kappa shape index (κ2) is 5.67. The van der Waals surface area contributed by atoms with Crippen molar-refractivity contribution in [2.24, 2.45) is 5.92 Å². The molecule has 0 aromatic carbocycles. The minimum absolute atomic E-state index is 0.0829. The van der Waals surface area contributed by atoms with Crippen LogP contribution in [0.1, 0.15) is 29.8 Å². The third kappa shape index (κ3) is 2.81. The van der Waals surface area contributed by atoms with Gasteiger partial charge in [-0.2, -0.15) is 0 Å². The molecule has 21 heavy (non-hydrogen) atoms. The SMILES string of the molecule is CNc1cnc(C(=O)N2CCC3NC(=O)CCC3C2)cn1. The number of anilines is 1. The van der Waals surface area contributed by atoms with Crippen LogP contribution in [0.3, 0.4) is 0 Å². The lowest BCUT2D eigenvalue weighted by atomic mass is 9.85. The summed E-state index contributed by atoms with van der Waals surface area (Å²) in [5.74, 6) is 1.04. The summed E-state index contributed by atoms with van der Waals surface area (Å²) in [4.78, 5) is 34.0. The van der Waals surface area contributed by atoms with Crippen molar-refractivity contribution in [3.8, 4) is 0 Å². The highest BCUT2D eigenvalue weighted by molar-refractivity contribution is 5.92. The number of hydrogen-bond acceptors (Lipinski definition) is 5. The fraction of sp³-hybridized carbons (Fsp3) is 0.571. The minimum Gasteiger partial charge on any atom is -0.372 e. The van der Waals surface area contributed by atoms with Gasteiger partial charge in [0.15, 0.2) is 0 Å². The van der Waals surface area contributed by atoms with Gasteiger partial charge in [0.2, 0.25) is 5.91 Å². The molecule has 3 heterocycles. The second-order valence-electron chi connectivity index (χ2n) is 5.55. The Bertz CT molecular complexity index is 545. The number of hydrogen-bond donors (Lipinski definition) is 2. The molecule has 2 aliphatic heterocycles. The number of amides is 2. The van der Waals surface area contributed by atoms with Crippen LogP contribution in [0.4, 0.5) is 5.82 Å². The Morgan fingerprint density at radius 3 is 2.95 bits per heavy atom. The van der Waals surface area contributed by atoms with Crippen LogP contribution in [-0.4, -0.2) is 52.9 Å². The highest BCUT2D eigenvalue weighted by Crippen LogP contribution is 2.26. The van der Waals surface area contributed by atoms with E-state index in [-0.39, 0.29) is 17.9 Å². The van der Waals surface area contributed by atoms with E-state index >= 15 is 0 Å². The van der Waals surface area contributed by atoms with E-state index in [4.69, 9.17) is 0 Å². The van der Waals surface area contributed by atoms with Crippen LogP contribution in [0.2, 0.25) is 0 Å². The maximum atomic E-state index is 12.5. The minimum atomic E-state index is -0.0829. The van der Waals surface area contributed by atoms with Gasteiger partial charge >= 0.3 is 0 Å². The van der Waals surface area contributed by atoms with E-state index in [1.807, 2.05) is 4.90 Å². The normalized spacial score (nSPS) is 25.0. The molecule has 0 spiro atoms. The molecule has 1 aromatic rings. The van der Waals surface area contributed by atoms with Crippen LogP contribution in [0.15, 0.2) is 12.4 Å². The molecule has 112 valence electrons. The molecule has 2 unspecified atom stereocenters. The number of nitrogens with one attached hydrogen (secondary N) is 2. The molecule has 2 fully saturated rings. The Morgan fingerprint density at radius 2 is 2.24 bits per heavy atom. The van der Waals surface area contributed by atoms with Crippen molar-refractivity contribution >= 4 is 17.6 Å². The summed E-state index contributed by atoms with van der Waals surface area (Å²) < 4.78 is 0. The zero-order valence-corrected chi connectivity index (χ0v) is 12.0. The molecule has 1 aromatic heterocycles. The Labute approximate surface area is 123 Å². The van der Waals surface area contributed by atoms with E-state index in [2.05, 4.69) is 20.6 Å². The summed E-state index contributed by atoms with van der Waals surface area (Å²) >= 11 is 0. The van der Waals surface area contributed by atoms with Gasteiger partial charge in [0.05, 0.1) is 12.4 Å². The van der Waals surface area contributed by atoms with Crippen LogP contribution in [0.5, 0.6) is 0 Å². The van der Waals surface area contributed by atoms with Crippen molar-refractivity contribution in [2.75, 3.05) is 25.5 Å². The fourth-order valence-corrected chi connectivity index (χ4v) is 3.02. The third-order valence-corrected chi connectivity index (χ3v) is 4.24. The van der Waals surface area contributed by atoms with E-state index in [9.17, 15) is 9.59 Å². The molecule has 0 aliphatic carbocycles. The second-order valence-corrected chi connectivity index (χ2v) is 5.55. The molecule has 2 saturated heterocycles. The summed E-state index contributed by atoms with van der Waals surface area (Å²) in [5.41, 5.74) is 0.368. The maximum Gasteiger partial charge on any atom is 0.274 e. The zero-order chi connectivity index (χ0) is 14.8. The Balaban J connectivity index is 1.67. The highest BCUT2D eigenvalue weighted by Gasteiger charge is 2.35. The predicted octanol–water partition coefficient (Wildman–Crippen LogP) is 0.259. The van der Waals surface area contributed by atoms with E-state index in [1.165, 1.54) is 6.20 Å². The first-order chi connectivity index (χ1) is 10.2. The summed E-state index contributed by atoms with van der Waals surface area (Å²) in [6.07, 6.45) is 5.28. The molecule has 7 nitrogen and oxygen atoms in total. The van der Waals surface area contributed by atoms with Crippen molar-refractivity contribution in [1.29, 1.82) is 0 Å². The first-order valence-corrected chi connectivity index (χ1v) is 7.26. The van der Waals surface area contributed by atoms with Crippen LogP contribution in [0.25, 0.3) is 0 Å². The van der Waals surface area contributed by atoms with Gasteiger partial charge in [-0.15, -0.1) is 0 Å². The van der Waals surface area contributed by atoms with Crippen molar-refractivity contribution in [3.63, 3.8) is 0 Å². The van der Waals surface area contributed by atoms with Crippen molar-refractivity contribution in [2.45, 2.75) is 25.3 Å². The highest BCUT2D eigenvalue weighted by atomic mass is 16.2. The van der Waals surface area contributed by atoms with Gasteiger partial charge in [-0.3, -0.25) is 9.59 Å². The largest absolute Gasteiger partial charge is 0.372 e. The Hall–Kier alpha value is -2.18. The monoisotopic (exact) mass is 289 g/mol. The topological polar surface area (TPSA) is 87.2 Å². The molecule has 3 rings (SSSR count). The van der Waals surface area contributed by atoms with Gasteiger partial charge < -0.3 is 15.5 Å². The number of aromatic nitrogens is 2. The van der Waals surface area contributed by atoms with Crippen molar-refractivity contribution in [3.05, 3.63) is 18.1 Å². The first kappa shape index (κ1) is 13.8. The molecule has 2 N–H and O–H groups in total. The lowest BCUT2D eigenvalue weighted by Crippen LogP contribution is -2.55. The van der Waals surface area contributed by atoms with Gasteiger partial charge in [0.1, 0.15) is 11.5 Å². The fourth-order valence-electron chi connectivity index (χ4n) is 3.02. The van der Waals surface area contributed by atoms with Gasteiger partial charge in [0, 0.05) is 32.6 Å². The molecule has 0 bridgehead atoms. The first-order valence-electron chi connectivity index (χ1n) is 7.26. The van der Waals surface area contributed by atoms with Gasteiger partial charge in [-0.1, -0.05) is 0 Å². The average Bonchev–Trinajstić information content (AvgIpc) is 2.53. The third-order valence-electron chi connectivity index (χ3n) is 4.24. The lowest BCUT2D eigenvalue weighted by Gasteiger charge is -2.41. The summed E-state index contributed by atoms with van der Waals surface area (Å²) in [7, 11) is 1.76. The summed E-state index contributed by atoms with van der Waals surface area (Å²) in [6, 6.07) is 0.216. The van der Waals surface area contributed by atoms with Crippen LogP contribution in [-0.2, 0) is 4.79 Å². The number of likely N-dealkylation sites (tertiary alicyclic amines) is 1. The van der Waals surface area contributed by atoms with Gasteiger partial charge in [0.25, 0.3) is 5.91 Å². The molecule has 2 amide bonds. The Kier molecular flexibility index (Phi) is 3.72. The Morgan fingerprint density at radius 1 is 1.38 bits per heavy atom. The van der Waals surface area contributed by atoms with Crippen molar-refractivity contribution < 1.29 is 9.59 Å². The summed E-state index contributed by atoms with van der Waals surface area (Å²) in [5, 5.41) is 5.89. The summed E-state index contributed by atoms with van der Waals surface area (Å²) in [6.45, 7) is 1.33. The predicted molar refractivity (Wildman–Crippen MR) is 76.8 cm³/mol. The molecule has 0 radical (unpaired) electrons. The number of carbonyl (C=O) groups excluding carboxylic acids is 2. The number of fused-ring (bicyclic) bond motifs is 1. The molecule has 2 aliphatic rings. The van der Waals surface area contributed by atoms with Crippen LogP contribution in [0, 0.1) is 5.92 Å². The van der Waals surface area contributed by atoms with Crippen molar-refractivity contribution in [1.82, 2.24) is 20.2 Å². The number of carbonyl (C=O) groups is 2. The number of nitrogens with zero attached hydrogens (tertiary/aromatic N) is 3. The van der Waals surface area contributed by atoms with Crippen LogP contribution < -0.4 is 10.6 Å². The number of piperidine rings is 2. The van der Waals surface area contributed by atoms with E-state index in [0.29, 0.717) is 36.9 Å². The molecular weight excluding hydrogens is 270 g/mol. The maximum absolute atomic E-state index is 12.5. The molecule has 0 saturated carbocycles. The quantitative estimate of drug-likeness (QED) is 0.815. The standard InChI is InChI=1S/C14H19N5O2/c1-15-12-7-16-11(6-17-12)14(21)19-5-4-10-9(8-19)2-3-13(20)18-10/h6-7,9-10H,2-5,8H2,1H3,(H,15,17)(H,18,20). The molecule has 7 heteroatoms. The van der Waals surface area contributed by atoms with Gasteiger partial charge in [-0.05, 0) is 18.8 Å². The van der Waals surface area contributed by atoms with E-state index < -0.39 is 0 Å². The van der Waals surface area contributed by atoms with Crippen LogP contribution >= 0.6 is 0 Å². The van der Waals surface area contributed by atoms with Gasteiger partial charge in [-0.25, -0.2) is 9.97 Å². The smallest absolute Gasteiger partial charge is 0.274 e. The average molecular weight is 289 g/mol. The zero-order valence-electron chi connectivity index (χ0n) is 12.0. The van der Waals surface area contributed by atoms with E-state index in [0.717, 1.165) is 12.8 Å². The molecule has 2 atom stereocenters. The lowest BCUT2D eigenvalue weighted by molar-refractivity contribution is -0.125.